The number of nitrogens with zero attached hydrogens (tertiary/aromatic N) is 2. The molecule has 1 aromatic carbocycles. The molecule has 3 rings (SSSR count). The van der Waals surface area contributed by atoms with Gasteiger partial charge in [0.15, 0.2) is 4.80 Å². The molecule has 120 valence electrons. The molecule has 1 aromatic heterocycles. The predicted octanol–water partition coefficient (Wildman–Crippen LogP) is 1.86. The number of hydrogen-bond acceptors (Lipinski definition) is 3. The van der Waals surface area contributed by atoms with Gasteiger partial charge in [0, 0.05) is 24.0 Å². The number of hydrogen-bond donors (Lipinski definition) is 1. The number of thiazole rings is 1. The topological polar surface area (TPSA) is 63.5 Å². The SMILES string of the molecule is Cc1ccc(Cn2ccsc2=NC(=O)CNC(=O)C2CC2)cc1. The standard InChI is InChI=1S/C17H19N3O2S/c1-12-2-4-13(5-3-12)11-20-8-9-23-17(20)19-15(21)10-18-16(22)14-6-7-14/h2-5,8-9,14H,6-7,10-11H2,1H3,(H,18,22). The normalized spacial score (nSPS) is 14.7. The molecule has 0 atom stereocenters. The second-order valence-electron chi connectivity index (χ2n) is 5.80. The van der Waals surface area contributed by atoms with E-state index in [0.717, 1.165) is 18.4 Å². The molecule has 1 aliphatic rings. The van der Waals surface area contributed by atoms with Crippen LogP contribution in [-0.4, -0.2) is 22.9 Å². The van der Waals surface area contributed by atoms with Crippen molar-refractivity contribution in [2.75, 3.05) is 6.54 Å². The highest BCUT2D eigenvalue weighted by molar-refractivity contribution is 7.07. The number of rotatable bonds is 5. The van der Waals surface area contributed by atoms with Crippen molar-refractivity contribution in [2.45, 2.75) is 26.3 Å². The number of carbonyl (C=O) groups excluding carboxylic acids is 2. The fraction of sp³-hybridized carbons (Fsp3) is 0.353. The van der Waals surface area contributed by atoms with Gasteiger partial charge in [-0.2, -0.15) is 4.99 Å². The van der Waals surface area contributed by atoms with Crippen molar-refractivity contribution in [3.05, 3.63) is 51.8 Å². The molecule has 1 saturated carbocycles. The average Bonchev–Trinajstić information content (AvgIpc) is 3.31. The molecule has 1 aliphatic carbocycles. The Morgan fingerprint density at radius 2 is 2.04 bits per heavy atom. The van der Waals surface area contributed by atoms with Crippen LogP contribution in [0.5, 0.6) is 0 Å². The van der Waals surface area contributed by atoms with Crippen molar-refractivity contribution < 1.29 is 9.59 Å². The molecule has 0 aliphatic heterocycles. The highest BCUT2D eigenvalue weighted by atomic mass is 32.1. The first-order chi connectivity index (χ1) is 11.1. The van der Waals surface area contributed by atoms with Crippen molar-refractivity contribution in [3.63, 3.8) is 0 Å². The number of aromatic nitrogens is 1. The third-order valence-electron chi connectivity index (χ3n) is 3.72. The van der Waals surface area contributed by atoms with Gasteiger partial charge in [0.1, 0.15) is 0 Å². The van der Waals surface area contributed by atoms with E-state index >= 15 is 0 Å². The summed E-state index contributed by atoms with van der Waals surface area (Å²) in [6, 6.07) is 8.28. The molecular weight excluding hydrogens is 310 g/mol. The van der Waals surface area contributed by atoms with Crippen molar-refractivity contribution in [1.29, 1.82) is 0 Å². The second kappa shape index (κ2) is 6.91. The smallest absolute Gasteiger partial charge is 0.267 e. The van der Waals surface area contributed by atoms with E-state index in [1.807, 2.05) is 16.1 Å². The summed E-state index contributed by atoms with van der Waals surface area (Å²) in [6.45, 7) is 2.69. The van der Waals surface area contributed by atoms with Crippen LogP contribution in [0.3, 0.4) is 0 Å². The summed E-state index contributed by atoms with van der Waals surface area (Å²) in [6.07, 6.45) is 3.77. The van der Waals surface area contributed by atoms with Gasteiger partial charge >= 0.3 is 0 Å². The predicted molar refractivity (Wildman–Crippen MR) is 88.9 cm³/mol. The fourth-order valence-electron chi connectivity index (χ4n) is 2.20. The third-order valence-corrected chi connectivity index (χ3v) is 4.51. The summed E-state index contributed by atoms with van der Waals surface area (Å²) >= 11 is 1.42. The van der Waals surface area contributed by atoms with E-state index in [1.165, 1.54) is 16.9 Å². The summed E-state index contributed by atoms with van der Waals surface area (Å²) < 4.78 is 1.94. The molecule has 1 heterocycles. The molecule has 6 heteroatoms. The summed E-state index contributed by atoms with van der Waals surface area (Å²) in [5, 5.41) is 4.55. The van der Waals surface area contributed by atoms with Gasteiger partial charge in [0.25, 0.3) is 5.91 Å². The van der Waals surface area contributed by atoms with E-state index in [4.69, 9.17) is 0 Å². The Kier molecular flexibility index (Phi) is 4.71. The fourth-order valence-corrected chi connectivity index (χ4v) is 2.94. The zero-order valence-electron chi connectivity index (χ0n) is 13.0. The van der Waals surface area contributed by atoms with Crippen molar-refractivity contribution >= 4 is 23.2 Å². The lowest BCUT2D eigenvalue weighted by Crippen LogP contribution is -2.31. The van der Waals surface area contributed by atoms with Gasteiger partial charge in [0.2, 0.25) is 5.91 Å². The quantitative estimate of drug-likeness (QED) is 0.910. The average molecular weight is 329 g/mol. The number of nitrogens with one attached hydrogen (secondary N) is 1. The maximum absolute atomic E-state index is 11.9. The van der Waals surface area contributed by atoms with Gasteiger partial charge in [0.05, 0.1) is 6.54 Å². The van der Waals surface area contributed by atoms with Crippen LogP contribution in [-0.2, 0) is 16.1 Å². The Morgan fingerprint density at radius 3 is 2.74 bits per heavy atom. The number of carbonyl (C=O) groups is 2. The monoisotopic (exact) mass is 329 g/mol. The second-order valence-corrected chi connectivity index (χ2v) is 6.67. The summed E-state index contributed by atoms with van der Waals surface area (Å²) in [4.78, 5) is 28.2. The summed E-state index contributed by atoms with van der Waals surface area (Å²) in [5.41, 5.74) is 2.38. The molecule has 5 nitrogen and oxygen atoms in total. The first kappa shape index (κ1) is 15.7. The maximum atomic E-state index is 11.9. The minimum absolute atomic E-state index is 0.0300. The lowest BCUT2D eigenvalue weighted by atomic mass is 10.1. The molecule has 0 spiro atoms. The maximum Gasteiger partial charge on any atom is 0.267 e. The van der Waals surface area contributed by atoms with Crippen LogP contribution in [0.1, 0.15) is 24.0 Å². The van der Waals surface area contributed by atoms with Crippen LogP contribution in [0, 0.1) is 12.8 Å². The summed E-state index contributed by atoms with van der Waals surface area (Å²) in [5.74, 6) is -0.248. The zero-order valence-corrected chi connectivity index (χ0v) is 13.8. The van der Waals surface area contributed by atoms with E-state index in [-0.39, 0.29) is 24.3 Å². The minimum Gasteiger partial charge on any atom is -0.347 e. The van der Waals surface area contributed by atoms with Gasteiger partial charge in [-0.05, 0) is 25.3 Å². The van der Waals surface area contributed by atoms with E-state index in [0.29, 0.717) is 11.3 Å². The van der Waals surface area contributed by atoms with Crippen LogP contribution in [0.2, 0.25) is 0 Å². The number of benzene rings is 1. The number of aryl methyl sites for hydroxylation is 1. The summed E-state index contributed by atoms with van der Waals surface area (Å²) in [7, 11) is 0. The molecule has 0 bridgehead atoms. The molecule has 0 unspecified atom stereocenters. The van der Waals surface area contributed by atoms with Crippen LogP contribution in [0.25, 0.3) is 0 Å². The molecular formula is C17H19N3O2S. The Labute approximate surface area is 138 Å². The lowest BCUT2D eigenvalue weighted by Gasteiger charge is -2.04. The van der Waals surface area contributed by atoms with Crippen LogP contribution >= 0.6 is 11.3 Å². The highest BCUT2D eigenvalue weighted by Gasteiger charge is 2.29. The molecule has 0 radical (unpaired) electrons. The van der Waals surface area contributed by atoms with Crippen LogP contribution < -0.4 is 10.1 Å². The minimum atomic E-state index is -0.320. The van der Waals surface area contributed by atoms with Crippen molar-refractivity contribution in [1.82, 2.24) is 9.88 Å². The number of amides is 2. The van der Waals surface area contributed by atoms with E-state index < -0.39 is 0 Å². The van der Waals surface area contributed by atoms with Gasteiger partial charge in [-0.3, -0.25) is 9.59 Å². The van der Waals surface area contributed by atoms with E-state index in [9.17, 15) is 9.59 Å². The molecule has 23 heavy (non-hydrogen) atoms. The van der Waals surface area contributed by atoms with Gasteiger partial charge in [-0.25, -0.2) is 0 Å². The van der Waals surface area contributed by atoms with Gasteiger partial charge in [-0.1, -0.05) is 29.8 Å². The molecule has 0 saturated heterocycles. The van der Waals surface area contributed by atoms with E-state index in [2.05, 4.69) is 41.5 Å². The Balaban J connectivity index is 1.65. The van der Waals surface area contributed by atoms with Crippen molar-refractivity contribution in [3.8, 4) is 0 Å². The van der Waals surface area contributed by atoms with Crippen LogP contribution in [0.15, 0.2) is 40.8 Å². The van der Waals surface area contributed by atoms with Crippen LogP contribution in [0.4, 0.5) is 0 Å². The molecule has 2 amide bonds. The third kappa shape index (κ3) is 4.39. The van der Waals surface area contributed by atoms with E-state index in [1.54, 1.807) is 0 Å². The molecule has 1 fully saturated rings. The molecule has 2 aromatic rings. The Morgan fingerprint density at radius 1 is 1.30 bits per heavy atom. The van der Waals surface area contributed by atoms with Crippen molar-refractivity contribution in [2.24, 2.45) is 10.9 Å². The Bertz CT molecular complexity index is 770. The zero-order chi connectivity index (χ0) is 16.2. The van der Waals surface area contributed by atoms with Gasteiger partial charge < -0.3 is 9.88 Å². The lowest BCUT2D eigenvalue weighted by molar-refractivity contribution is -0.125. The Hall–Kier alpha value is -2.21. The highest BCUT2D eigenvalue weighted by Crippen LogP contribution is 2.28. The molecule has 1 N–H and O–H groups in total. The first-order valence-corrected chi connectivity index (χ1v) is 8.54. The van der Waals surface area contributed by atoms with Gasteiger partial charge in [-0.15, -0.1) is 11.3 Å². The first-order valence-electron chi connectivity index (χ1n) is 7.66. The largest absolute Gasteiger partial charge is 0.347 e.